The number of carboxylic acid groups (broad SMARTS) is 1. The minimum Gasteiger partial charge on any atom is -0.505 e. The molecule has 5 nitrogen and oxygen atoms in total. The normalized spacial score (nSPS) is 12.5. The van der Waals surface area contributed by atoms with Crippen LogP contribution in [0.15, 0.2) is 36.4 Å². The van der Waals surface area contributed by atoms with E-state index in [1.165, 1.54) is 16.7 Å². The highest BCUT2D eigenvalue weighted by molar-refractivity contribution is 6.31. The first-order valence-electron chi connectivity index (χ1n) is 9.18. The Bertz CT molecular complexity index is 1120. The van der Waals surface area contributed by atoms with Crippen molar-refractivity contribution in [2.45, 2.75) is 33.1 Å². The van der Waals surface area contributed by atoms with E-state index in [1.54, 1.807) is 25.1 Å². The Labute approximate surface area is 172 Å². The minimum atomic E-state index is -1.11. The van der Waals surface area contributed by atoms with Gasteiger partial charge in [0.25, 0.3) is 5.91 Å². The fourth-order valence-electron chi connectivity index (χ4n) is 3.73. The van der Waals surface area contributed by atoms with E-state index in [9.17, 15) is 24.2 Å². The number of carbonyl (C=O) groups is 2. The molecule has 1 unspecified atom stereocenters. The summed E-state index contributed by atoms with van der Waals surface area (Å²) in [6.07, 6.45) is 0.260. The fourth-order valence-corrected chi connectivity index (χ4v) is 3.92. The SMILES string of the molecule is Cc1c(C(CC(C)C)C(=O)O)c2c(F)c(O)ccc2n1C(=O)c1cccc(Cl)c1. The second-order valence-corrected chi connectivity index (χ2v) is 7.90. The zero-order valence-corrected chi connectivity index (χ0v) is 17.0. The van der Waals surface area contributed by atoms with Crippen molar-refractivity contribution in [3.05, 3.63) is 64.1 Å². The Kier molecular flexibility index (Phi) is 5.66. The minimum absolute atomic E-state index is 0.0258. The average Bonchev–Trinajstić information content (AvgIpc) is 2.94. The maximum absolute atomic E-state index is 15.0. The first-order valence-corrected chi connectivity index (χ1v) is 9.56. The second-order valence-electron chi connectivity index (χ2n) is 7.46. The number of aromatic hydroxyl groups is 1. The summed E-state index contributed by atoms with van der Waals surface area (Å²) in [4.78, 5) is 25.3. The summed E-state index contributed by atoms with van der Waals surface area (Å²) in [5, 5.41) is 20.0. The van der Waals surface area contributed by atoms with Crippen LogP contribution in [0.1, 0.15) is 47.8 Å². The van der Waals surface area contributed by atoms with Crippen LogP contribution in [0.4, 0.5) is 4.39 Å². The fraction of sp³-hybridized carbons (Fsp3) is 0.273. The van der Waals surface area contributed by atoms with Gasteiger partial charge in [0.15, 0.2) is 11.6 Å². The summed E-state index contributed by atoms with van der Waals surface area (Å²) in [5.74, 6) is -4.10. The Balaban J connectivity index is 2.35. The number of benzene rings is 2. The highest BCUT2D eigenvalue weighted by atomic mass is 35.5. The third-order valence-electron chi connectivity index (χ3n) is 4.96. The molecule has 7 heteroatoms. The first kappa shape index (κ1) is 20.9. The van der Waals surface area contributed by atoms with Gasteiger partial charge in [0.05, 0.1) is 11.4 Å². The van der Waals surface area contributed by atoms with Crippen LogP contribution < -0.4 is 0 Å². The second kappa shape index (κ2) is 7.87. The van der Waals surface area contributed by atoms with Gasteiger partial charge < -0.3 is 10.2 Å². The molecule has 0 spiro atoms. The van der Waals surface area contributed by atoms with Gasteiger partial charge in [0.2, 0.25) is 0 Å². The molecule has 0 aliphatic rings. The zero-order chi connectivity index (χ0) is 21.5. The molecule has 0 amide bonds. The van der Waals surface area contributed by atoms with Crippen molar-refractivity contribution in [3.8, 4) is 5.75 Å². The number of phenols is 1. The van der Waals surface area contributed by atoms with E-state index in [-0.39, 0.29) is 34.4 Å². The molecule has 1 atom stereocenters. The lowest BCUT2D eigenvalue weighted by Gasteiger charge is -2.16. The van der Waals surface area contributed by atoms with Gasteiger partial charge in [-0.25, -0.2) is 4.39 Å². The van der Waals surface area contributed by atoms with Crippen molar-refractivity contribution in [2.24, 2.45) is 5.92 Å². The number of rotatable bonds is 5. The predicted octanol–water partition coefficient (Wildman–Crippen LogP) is 5.35. The topological polar surface area (TPSA) is 79.5 Å². The summed E-state index contributed by atoms with van der Waals surface area (Å²) < 4.78 is 16.2. The van der Waals surface area contributed by atoms with Crippen LogP contribution in [0.2, 0.25) is 5.02 Å². The number of fused-ring (bicyclic) bond motifs is 1. The maximum atomic E-state index is 15.0. The van der Waals surface area contributed by atoms with Gasteiger partial charge in [-0.2, -0.15) is 0 Å². The van der Waals surface area contributed by atoms with Crippen molar-refractivity contribution >= 4 is 34.4 Å². The molecule has 29 heavy (non-hydrogen) atoms. The molecule has 2 N–H and O–H groups in total. The summed E-state index contributed by atoms with van der Waals surface area (Å²) in [7, 11) is 0. The lowest BCUT2D eigenvalue weighted by molar-refractivity contribution is -0.139. The zero-order valence-electron chi connectivity index (χ0n) is 16.2. The van der Waals surface area contributed by atoms with E-state index in [4.69, 9.17) is 11.6 Å². The molecule has 0 bridgehead atoms. The molecular formula is C22H21ClFNO4. The van der Waals surface area contributed by atoms with Crippen molar-refractivity contribution in [2.75, 3.05) is 0 Å². The molecule has 0 fully saturated rings. The van der Waals surface area contributed by atoms with Crippen LogP contribution in [0.5, 0.6) is 5.75 Å². The molecule has 0 aliphatic heterocycles. The number of aliphatic carboxylic acids is 1. The van der Waals surface area contributed by atoms with Crippen LogP contribution in [0, 0.1) is 18.7 Å². The van der Waals surface area contributed by atoms with Gasteiger partial charge in [-0.05, 0) is 55.2 Å². The molecule has 3 rings (SSSR count). The van der Waals surface area contributed by atoms with E-state index in [2.05, 4.69) is 0 Å². The number of carboxylic acids is 1. The molecule has 3 aromatic rings. The van der Waals surface area contributed by atoms with E-state index < -0.39 is 29.4 Å². The molecule has 0 aliphatic carbocycles. The lowest BCUT2D eigenvalue weighted by atomic mass is 9.88. The Hall–Kier alpha value is -2.86. The molecular weight excluding hydrogens is 397 g/mol. The Morgan fingerprint density at radius 3 is 2.48 bits per heavy atom. The Morgan fingerprint density at radius 2 is 1.90 bits per heavy atom. The number of halogens is 2. The van der Waals surface area contributed by atoms with Gasteiger partial charge in [0.1, 0.15) is 0 Å². The average molecular weight is 418 g/mol. The van der Waals surface area contributed by atoms with Crippen LogP contribution >= 0.6 is 11.6 Å². The van der Waals surface area contributed by atoms with Crippen LogP contribution in [-0.2, 0) is 4.79 Å². The summed E-state index contributed by atoms with van der Waals surface area (Å²) in [6.45, 7) is 5.33. The smallest absolute Gasteiger partial charge is 0.311 e. The third-order valence-corrected chi connectivity index (χ3v) is 5.20. The quantitative estimate of drug-likeness (QED) is 0.586. The van der Waals surface area contributed by atoms with Crippen molar-refractivity contribution < 1.29 is 24.2 Å². The number of hydrogen-bond acceptors (Lipinski definition) is 3. The van der Waals surface area contributed by atoms with Crippen molar-refractivity contribution in [3.63, 3.8) is 0 Å². The van der Waals surface area contributed by atoms with Gasteiger partial charge in [0, 0.05) is 21.7 Å². The predicted molar refractivity (Wildman–Crippen MR) is 109 cm³/mol. The van der Waals surface area contributed by atoms with E-state index in [0.29, 0.717) is 10.7 Å². The third kappa shape index (κ3) is 3.72. The van der Waals surface area contributed by atoms with Crippen molar-refractivity contribution in [1.82, 2.24) is 4.57 Å². The summed E-state index contributed by atoms with van der Waals surface area (Å²) >= 11 is 6.00. The molecule has 0 saturated heterocycles. The summed E-state index contributed by atoms with van der Waals surface area (Å²) in [5.41, 5.74) is 1.01. The van der Waals surface area contributed by atoms with E-state index in [0.717, 1.165) is 6.07 Å². The Morgan fingerprint density at radius 1 is 1.21 bits per heavy atom. The molecule has 2 aromatic carbocycles. The molecule has 0 saturated carbocycles. The lowest BCUT2D eigenvalue weighted by Crippen LogP contribution is -2.17. The van der Waals surface area contributed by atoms with Crippen LogP contribution in [0.25, 0.3) is 10.9 Å². The van der Waals surface area contributed by atoms with Gasteiger partial charge in [-0.15, -0.1) is 0 Å². The van der Waals surface area contributed by atoms with Gasteiger partial charge in [-0.1, -0.05) is 31.5 Å². The van der Waals surface area contributed by atoms with Gasteiger partial charge in [-0.3, -0.25) is 14.2 Å². The van der Waals surface area contributed by atoms with Gasteiger partial charge >= 0.3 is 5.97 Å². The number of nitrogens with zero attached hydrogens (tertiary/aromatic N) is 1. The molecule has 1 heterocycles. The number of carbonyl (C=O) groups excluding carboxylic acids is 1. The van der Waals surface area contributed by atoms with E-state index >= 15 is 0 Å². The molecule has 152 valence electrons. The highest BCUT2D eigenvalue weighted by Gasteiger charge is 2.32. The first-order chi connectivity index (χ1) is 13.6. The number of hydrogen-bond donors (Lipinski definition) is 2. The van der Waals surface area contributed by atoms with Crippen LogP contribution in [-0.4, -0.2) is 26.7 Å². The van der Waals surface area contributed by atoms with Crippen molar-refractivity contribution in [1.29, 1.82) is 0 Å². The number of phenolic OH excluding ortho intramolecular Hbond substituents is 1. The standard InChI is InChI=1S/C22H21ClFNO4/c1-11(2)9-15(22(28)29)18-12(3)25(16-7-8-17(26)20(24)19(16)18)21(27)13-5-4-6-14(23)10-13/h4-8,10-11,15,26H,9H2,1-3H3,(H,28,29). The largest absolute Gasteiger partial charge is 0.505 e. The molecule has 1 aromatic heterocycles. The van der Waals surface area contributed by atoms with Crippen LogP contribution in [0.3, 0.4) is 0 Å². The molecule has 0 radical (unpaired) electrons. The monoisotopic (exact) mass is 417 g/mol. The number of aromatic nitrogens is 1. The highest BCUT2D eigenvalue weighted by Crippen LogP contribution is 2.39. The maximum Gasteiger partial charge on any atom is 0.311 e. The summed E-state index contributed by atoms with van der Waals surface area (Å²) in [6, 6.07) is 8.91. The van der Waals surface area contributed by atoms with E-state index in [1.807, 2.05) is 13.8 Å².